The van der Waals surface area contributed by atoms with E-state index in [0.717, 1.165) is 6.07 Å². The third-order valence-electron chi connectivity index (χ3n) is 1.45. The van der Waals surface area contributed by atoms with Gasteiger partial charge in [-0.25, -0.2) is 0 Å². The molecule has 0 aliphatic heterocycles. The first kappa shape index (κ1) is 10.6. The predicted molar refractivity (Wildman–Crippen MR) is 50.4 cm³/mol. The predicted octanol–water partition coefficient (Wildman–Crippen LogP) is 2.86. The van der Waals surface area contributed by atoms with Crippen LogP contribution in [0.5, 0.6) is 0 Å². The highest BCUT2D eigenvalue weighted by Crippen LogP contribution is 2.36. The summed E-state index contributed by atoms with van der Waals surface area (Å²) in [5.41, 5.74) is 4.43. The van der Waals surface area contributed by atoms with Gasteiger partial charge in [-0.15, -0.1) is 25.3 Å². The van der Waals surface area contributed by atoms with Crippen LogP contribution in [0.4, 0.5) is 18.9 Å². The summed E-state index contributed by atoms with van der Waals surface area (Å²) in [5.74, 6) is 0. The summed E-state index contributed by atoms with van der Waals surface area (Å²) in [6, 6.07) is 2.00. The first-order chi connectivity index (χ1) is 5.82. The molecule has 13 heavy (non-hydrogen) atoms. The Hall–Kier alpha value is -0.490. The number of halogens is 3. The molecule has 6 heteroatoms. The fourth-order valence-corrected chi connectivity index (χ4v) is 1.44. The molecule has 1 nitrogen and oxygen atoms in total. The van der Waals surface area contributed by atoms with Crippen molar-refractivity contribution in [1.29, 1.82) is 0 Å². The highest BCUT2D eigenvalue weighted by atomic mass is 32.1. The molecule has 2 N–H and O–H groups in total. The van der Waals surface area contributed by atoms with E-state index >= 15 is 0 Å². The third-order valence-corrected chi connectivity index (χ3v) is 2.21. The van der Waals surface area contributed by atoms with Crippen LogP contribution in [0.3, 0.4) is 0 Å². The summed E-state index contributed by atoms with van der Waals surface area (Å²) in [5, 5.41) is 0. The van der Waals surface area contributed by atoms with Gasteiger partial charge in [-0.05, 0) is 12.1 Å². The lowest BCUT2D eigenvalue weighted by Gasteiger charge is -2.11. The van der Waals surface area contributed by atoms with Crippen molar-refractivity contribution in [3.8, 4) is 0 Å². The number of nitrogen functional groups attached to an aromatic ring is 1. The molecule has 72 valence electrons. The van der Waals surface area contributed by atoms with Crippen LogP contribution in [0, 0.1) is 0 Å². The molecule has 0 atom stereocenters. The van der Waals surface area contributed by atoms with Crippen LogP contribution in [-0.4, -0.2) is 0 Å². The Morgan fingerprint density at radius 3 is 2.08 bits per heavy atom. The van der Waals surface area contributed by atoms with E-state index in [0.29, 0.717) is 0 Å². The SMILES string of the molecule is Nc1cc(C(F)(F)F)c(S)cc1S. The highest BCUT2D eigenvalue weighted by Gasteiger charge is 2.33. The van der Waals surface area contributed by atoms with Gasteiger partial charge >= 0.3 is 6.18 Å². The number of hydrogen-bond donors (Lipinski definition) is 3. The lowest BCUT2D eigenvalue weighted by molar-refractivity contribution is -0.139. The number of rotatable bonds is 0. The molecule has 0 spiro atoms. The number of nitrogens with two attached hydrogens (primary N) is 1. The van der Waals surface area contributed by atoms with Gasteiger partial charge in [-0.2, -0.15) is 13.2 Å². The third kappa shape index (κ3) is 2.25. The second-order valence-electron chi connectivity index (χ2n) is 2.43. The van der Waals surface area contributed by atoms with Gasteiger partial charge in [0, 0.05) is 15.5 Å². The van der Waals surface area contributed by atoms with Crippen molar-refractivity contribution in [3.63, 3.8) is 0 Å². The summed E-state index contributed by atoms with van der Waals surface area (Å²) in [6.45, 7) is 0. The van der Waals surface area contributed by atoms with E-state index in [1.165, 1.54) is 6.07 Å². The second-order valence-corrected chi connectivity index (χ2v) is 3.39. The lowest BCUT2D eigenvalue weighted by atomic mass is 10.2. The summed E-state index contributed by atoms with van der Waals surface area (Å²) in [4.78, 5) is 0.115. The van der Waals surface area contributed by atoms with Crippen molar-refractivity contribution in [2.45, 2.75) is 16.0 Å². The van der Waals surface area contributed by atoms with Gasteiger partial charge in [-0.1, -0.05) is 0 Å². The van der Waals surface area contributed by atoms with E-state index in [2.05, 4.69) is 25.3 Å². The van der Waals surface area contributed by atoms with Crippen LogP contribution in [-0.2, 0) is 6.18 Å². The monoisotopic (exact) mass is 225 g/mol. The van der Waals surface area contributed by atoms with Crippen LogP contribution in [0.1, 0.15) is 5.56 Å². The number of alkyl halides is 3. The molecular formula is C7H6F3NS2. The smallest absolute Gasteiger partial charge is 0.398 e. The van der Waals surface area contributed by atoms with Crippen LogP contribution >= 0.6 is 25.3 Å². The first-order valence-electron chi connectivity index (χ1n) is 3.21. The number of anilines is 1. The Kier molecular flexibility index (Phi) is 2.72. The van der Waals surface area contributed by atoms with Gasteiger partial charge < -0.3 is 5.73 Å². The molecule has 1 aromatic rings. The summed E-state index contributed by atoms with van der Waals surface area (Å²) < 4.78 is 36.7. The van der Waals surface area contributed by atoms with Crippen LogP contribution in [0.15, 0.2) is 21.9 Å². The van der Waals surface area contributed by atoms with Crippen molar-refractivity contribution < 1.29 is 13.2 Å². The maximum Gasteiger partial charge on any atom is 0.417 e. The van der Waals surface area contributed by atoms with Gasteiger partial charge in [0.2, 0.25) is 0 Å². The molecule has 0 aromatic heterocycles. The molecule has 0 radical (unpaired) electrons. The van der Waals surface area contributed by atoms with Crippen molar-refractivity contribution in [2.24, 2.45) is 0 Å². The quantitative estimate of drug-likeness (QED) is 0.459. The Balaban J connectivity index is 3.32. The highest BCUT2D eigenvalue weighted by molar-refractivity contribution is 7.81. The van der Waals surface area contributed by atoms with Gasteiger partial charge in [0.25, 0.3) is 0 Å². The van der Waals surface area contributed by atoms with Crippen LogP contribution in [0.25, 0.3) is 0 Å². The molecule has 0 saturated heterocycles. The molecule has 0 aliphatic rings. The Morgan fingerprint density at radius 1 is 1.08 bits per heavy atom. The van der Waals surface area contributed by atoms with Crippen molar-refractivity contribution in [2.75, 3.05) is 5.73 Å². The molecule has 0 saturated carbocycles. The van der Waals surface area contributed by atoms with E-state index in [9.17, 15) is 13.2 Å². The standard InChI is InChI=1S/C7H6F3NS2/c8-7(9,10)3-1-4(11)6(13)2-5(3)12/h1-2,12-13H,11H2. The fraction of sp³-hybridized carbons (Fsp3) is 0.143. The van der Waals surface area contributed by atoms with E-state index in [-0.39, 0.29) is 15.5 Å². The first-order valence-corrected chi connectivity index (χ1v) is 4.10. The Labute approximate surface area is 83.9 Å². The van der Waals surface area contributed by atoms with Gasteiger partial charge in [0.05, 0.1) is 5.56 Å². The molecule has 1 rings (SSSR count). The second kappa shape index (κ2) is 3.34. The molecule has 0 aliphatic carbocycles. The van der Waals surface area contributed by atoms with Crippen molar-refractivity contribution in [1.82, 2.24) is 0 Å². The minimum Gasteiger partial charge on any atom is -0.398 e. The van der Waals surface area contributed by atoms with Crippen LogP contribution < -0.4 is 5.73 Å². The van der Waals surface area contributed by atoms with E-state index in [1.54, 1.807) is 0 Å². The minimum absolute atomic E-state index is 0.00606. The van der Waals surface area contributed by atoms with E-state index in [4.69, 9.17) is 5.73 Å². The lowest BCUT2D eigenvalue weighted by Crippen LogP contribution is -2.07. The average Bonchev–Trinajstić information content (AvgIpc) is 1.94. The van der Waals surface area contributed by atoms with Gasteiger partial charge in [-0.3, -0.25) is 0 Å². The topological polar surface area (TPSA) is 26.0 Å². The fourth-order valence-electron chi connectivity index (χ4n) is 0.821. The largest absolute Gasteiger partial charge is 0.417 e. The van der Waals surface area contributed by atoms with E-state index in [1.807, 2.05) is 0 Å². The summed E-state index contributed by atoms with van der Waals surface area (Å²) >= 11 is 7.55. The van der Waals surface area contributed by atoms with Gasteiger partial charge in [0.1, 0.15) is 0 Å². The minimum atomic E-state index is -4.42. The Bertz CT molecular complexity index is 335. The van der Waals surface area contributed by atoms with Crippen molar-refractivity contribution in [3.05, 3.63) is 17.7 Å². The molecule has 0 amide bonds. The maximum atomic E-state index is 12.2. The zero-order valence-electron chi connectivity index (χ0n) is 6.26. The molecule has 1 aromatic carbocycles. The number of benzene rings is 1. The average molecular weight is 225 g/mol. The normalized spacial score (nSPS) is 11.8. The summed E-state index contributed by atoms with van der Waals surface area (Å²) in [6.07, 6.45) is -4.42. The molecule has 0 unspecified atom stereocenters. The maximum absolute atomic E-state index is 12.2. The van der Waals surface area contributed by atoms with E-state index < -0.39 is 11.7 Å². The Morgan fingerprint density at radius 2 is 1.62 bits per heavy atom. The summed E-state index contributed by atoms with van der Waals surface area (Å²) in [7, 11) is 0. The zero-order valence-corrected chi connectivity index (χ0v) is 8.05. The molecule has 0 heterocycles. The number of hydrogen-bond acceptors (Lipinski definition) is 3. The van der Waals surface area contributed by atoms with Gasteiger partial charge in [0.15, 0.2) is 0 Å². The zero-order chi connectivity index (χ0) is 10.2. The van der Waals surface area contributed by atoms with Crippen molar-refractivity contribution >= 4 is 30.9 Å². The van der Waals surface area contributed by atoms with Crippen LogP contribution in [0.2, 0.25) is 0 Å². The molecule has 0 bridgehead atoms. The molecular weight excluding hydrogens is 219 g/mol. The molecule has 0 fully saturated rings. The number of thiol groups is 2.